The molecule has 0 bridgehead atoms. The van der Waals surface area contributed by atoms with Gasteiger partial charge in [0, 0.05) is 18.8 Å². The van der Waals surface area contributed by atoms with E-state index in [2.05, 4.69) is 15.3 Å². The van der Waals surface area contributed by atoms with Crippen LogP contribution in [0.25, 0.3) is 21.5 Å². The Labute approximate surface area is 106 Å². The van der Waals surface area contributed by atoms with Crippen molar-refractivity contribution in [3.63, 3.8) is 0 Å². The molecule has 0 fully saturated rings. The third-order valence-electron chi connectivity index (χ3n) is 2.60. The third kappa shape index (κ3) is 1.60. The number of thiophene rings is 1. The number of carbonyl (C=O) groups is 1. The molecule has 0 saturated carbocycles. The van der Waals surface area contributed by atoms with Gasteiger partial charge in [-0.3, -0.25) is 9.78 Å². The van der Waals surface area contributed by atoms with Crippen molar-refractivity contribution in [1.29, 1.82) is 0 Å². The van der Waals surface area contributed by atoms with Crippen molar-refractivity contribution in [2.24, 2.45) is 7.05 Å². The van der Waals surface area contributed by atoms with Gasteiger partial charge in [0.2, 0.25) is 0 Å². The number of nitrogens with zero attached hydrogens (tertiary/aromatic N) is 3. The van der Waals surface area contributed by atoms with Gasteiger partial charge < -0.3 is 4.74 Å². The van der Waals surface area contributed by atoms with Crippen molar-refractivity contribution < 1.29 is 9.53 Å². The number of H-pyrrole nitrogens is 1. The van der Waals surface area contributed by atoms with Gasteiger partial charge >= 0.3 is 5.97 Å². The predicted molar refractivity (Wildman–Crippen MR) is 67.5 cm³/mol. The van der Waals surface area contributed by atoms with E-state index in [-0.39, 0.29) is 5.97 Å². The summed E-state index contributed by atoms with van der Waals surface area (Å²) in [4.78, 5) is 12.0. The molecule has 3 rings (SSSR count). The average Bonchev–Trinajstić information content (AvgIpc) is 3.02. The number of hydrogen-bond donors (Lipinski definition) is 1. The van der Waals surface area contributed by atoms with E-state index in [0.29, 0.717) is 4.88 Å². The molecular formula is C11H10N4O2S. The first kappa shape index (κ1) is 11.0. The number of carbonyl (C=O) groups excluding carboxylic acids is 1. The number of ether oxygens (including phenoxy) is 1. The van der Waals surface area contributed by atoms with E-state index < -0.39 is 0 Å². The van der Waals surface area contributed by atoms with Crippen LogP contribution in [-0.2, 0) is 11.8 Å². The molecule has 0 aliphatic rings. The molecule has 0 spiro atoms. The first-order chi connectivity index (χ1) is 8.69. The fraction of sp³-hybridized carbons (Fsp3) is 0.182. The molecule has 0 aromatic carbocycles. The minimum absolute atomic E-state index is 0.332. The van der Waals surface area contributed by atoms with Crippen molar-refractivity contribution in [2.75, 3.05) is 7.11 Å². The van der Waals surface area contributed by atoms with Crippen molar-refractivity contribution in [1.82, 2.24) is 20.0 Å². The Balaban J connectivity index is 2.13. The van der Waals surface area contributed by atoms with Gasteiger partial charge in [-0.05, 0) is 6.07 Å². The number of hydrogen-bond acceptors (Lipinski definition) is 5. The summed E-state index contributed by atoms with van der Waals surface area (Å²) in [7, 11) is 3.22. The van der Waals surface area contributed by atoms with Crippen LogP contribution in [0.2, 0.25) is 0 Å². The summed E-state index contributed by atoms with van der Waals surface area (Å²) in [6.07, 6.45) is 3.63. The minimum atomic E-state index is -0.332. The smallest absolute Gasteiger partial charge is 0.348 e. The van der Waals surface area contributed by atoms with Crippen LogP contribution < -0.4 is 0 Å². The van der Waals surface area contributed by atoms with Gasteiger partial charge in [-0.2, -0.15) is 10.2 Å². The van der Waals surface area contributed by atoms with Crippen molar-refractivity contribution >= 4 is 27.5 Å². The monoisotopic (exact) mass is 262 g/mol. The molecule has 3 aromatic rings. The summed E-state index contributed by atoms with van der Waals surface area (Å²) in [5.41, 5.74) is 2.56. The van der Waals surface area contributed by atoms with Crippen LogP contribution in [0.15, 0.2) is 18.5 Å². The zero-order valence-electron chi connectivity index (χ0n) is 9.80. The zero-order valence-corrected chi connectivity index (χ0v) is 10.6. The third-order valence-corrected chi connectivity index (χ3v) is 3.72. The molecule has 7 heteroatoms. The van der Waals surface area contributed by atoms with Gasteiger partial charge in [-0.15, -0.1) is 11.3 Å². The van der Waals surface area contributed by atoms with Crippen LogP contribution in [0.5, 0.6) is 0 Å². The fourth-order valence-corrected chi connectivity index (χ4v) is 2.80. The Kier molecular flexibility index (Phi) is 2.41. The quantitative estimate of drug-likeness (QED) is 0.715. The molecule has 3 aromatic heterocycles. The molecule has 6 nitrogen and oxygen atoms in total. The standard InChI is InChI=1S/C11H10N4O2S/c1-15-5-6(4-12-15)9-10-7(13-14-9)3-8(18-10)11(16)17-2/h3-5H,1-2H3,(H,13,14). The highest BCUT2D eigenvalue weighted by atomic mass is 32.1. The second kappa shape index (κ2) is 3.95. The van der Waals surface area contributed by atoms with E-state index in [0.717, 1.165) is 21.5 Å². The van der Waals surface area contributed by atoms with E-state index in [9.17, 15) is 4.79 Å². The van der Waals surface area contributed by atoms with Crippen LogP contribution in [-0.4, -0.2) is 33.1 Å². The number of esters is 1. The molecule has 1 N–H and O–H groups in total. The normalized spacial score (nSPS) is 11.0. The molecule has 18 heavy (non-hydrogen) atoms. The maximum Gasteiger partial charge on any atom is 0.348 e. The van der Waals surface area contributed by atoms with Crippen molar-refractivity contribution in [3.05, 3.63) is 23.3 Å². The van der Waals surface area contributed by atoms with Gasteiger partial charge in [0.1, 0.15) is 10.6 Å². The maximum atomic E-state index is 11.5. The lowest BCUT2D eigenvalue weighted by Crippen LogP contribution is -1.96. The lowest BCUT2D eigenvalue weighted by atomic mass is 10.2. The second-order valence-electron chi connectivity index (χ2n) is 3.82. The highest BCUT2D eigenvalue weighted by molar-refractivity contribution is 7.21. The number of rotatable bonds is 2. The number of fused-ring (bicyclic) bond motifs is 1. The van der Waals surface area contributed by atoms with Gasteiger partial charge in [0.25, 0.3) is 0 Å². The number of aromatic nitrogens is 4. The Hall–Kier alpha value is -2.15. The van der Waals surface area contributed by atoms with E-state index >= 15 is 0 Å². The lowest BCUT2D eigenvalue weighted by molar-refractivity contribution is 0.0606. The first-order valence-electron chi connectivity index (χ1n) is 5.24. The fourth-order valence-electron chi connectivity index (χ4n) is 1.76. The molecule has 0 radical (unpaired) electrons. The molecule has 0 amide bonds. The van der Waals surface area contributed by atoms with Gasteiger partial charge in [-0.1, -0.05) is 0 Å². The van der Waals surface area contributed by atoms with E-state index in [1.54, 1.807) is 16.9 Å². The molecule has 0 aliphatic heterocycles. The topological polar surface area (TPSA) is 72.8 Å². The average molecular weight is 262 g/mol. The number of aromatic amines is 1. The van der Waals surface area contributed by atoms with Crippen LogP contribution in [0.4, 0.5) is 0 Å². The summed E-state index contributed by atoms with van der Waals surface area (Å²) in [5, 5.41) is 11.3. The second-order valence-corrected chi connectivity index (χ2v) is 4.87. The Morgan fingerprint density at radius 1 is 1.56 bits per heavy atom. The van der Waals surface area contributed by atoms with Crippen LogP contribution >= 0.6 is 11.3 Å². The summed E-state index contributed by atoms with van der Waals surface area (Å²) in [6.45, 7) is 0. The van der Waals surface area contributed by atoms with Gasteiger partial charge in [0.15, 0.2) is 0 Å². The van der Waals surface area contributed by atoms with Crippen LogP contribution in [0.3, 0.4) is 0 Å². The summed E-state index contributed by atoms with van der Waals surface area (Å²) >= 11 is 1.36. The van der Waals surface area contributed by atoms with Gasteiger partial charge in [-0.25, -0.2) is 4.79 Å². The highest BCUT2D eigenvalue weighted by Crippen LogP contribution is 2.32. The largest absolute Gasteiger partial charge is 0.465 e. The number of nitrogens with one attached hydrogen (secondary N) is 1. The lowest BCUT2D eigenvalue weighted by Gasteiger charge is -1.92. The summed E-state index contributed by atoms with van der Waals surface area (Å²) in [6, 6.07) is 1.75. The maximum absolute atomic E-state index is 11.5. The zero-order chi connectivity index (χ0) is 12.7. The predicted octanol–water partition coefficient (Wildman–Crippen LogP) is 1.81. The van der Waals surface area contributed by atoms with Crippen LogP contribution in [0.1, 0.15) is 9.67 Å². The summed E-state index contributed by atoms with van der Waals surface area (Å²) < 4.78 is 7.35. The highest BCUT2D eigenvalue weighted by Gasteiger charge is 2.16. The Morgan fingerprint density at radius 3 is 3.06 bits per heavy atom. The van der Waals surface area contributed by atoms with E-state index in [4.69, 9.17) is 4.74 Å². The summed E-state index contributed by atoms with van der Waals surface area (Å²) in [5.74, 6) is -0.332. The molecule has 92 valence electrons. The molecule has 0 aliphatic carbocycles. The Bertz CT molecular complexity index is 724. The molecular weight excluding hydrogens is 252 g/mol. The van der Waals surface area contributed by atoms with Crippen molar-refractivity contribution in [2.45, 2.75) is 0 Å². The van der Waals surface area contributed by atoms with Crippen molar-refractivity contribution in [3.8, 4) is 11.3 Å². The molecule has 0 atom stereocenters. The van der Waals surface area contributed by atoms with Gasteiger partial charge in [0.05, 0.1) is 23.5 Å². The molecule has 0 saturated heterocycles. The molecule has 0 unspecified atom stereocenters. The number of methoxy groups -OCH3 is 1. The SMILES string of the molecule is COC(=O)c1cc2[nH]nc(-c3cnn(C)c3)c2s1. The number of aryl methyl sites for hydroxylation is 1. The first-order valence-corrected chi connectivity index (χ1v) is 6.06. The van der Waals surface area contributed by atoms with E-state index in [1.807, 2.05) is 13.2 Å². The molecule has 3 heterocycles. The van der Waals surface area contributed by atoms with E-state index in [1.165, 1.54) is 18.4 Å². The van der Waals surface area contributed by atoms with Crippen LogP contribution in [0, 0.1) is 0 Å². The minimum Gasteiger partial charge on any atom is -0.465 e. The Morgan fingerprint density at radius 2 is 2.39 bits per heavy atom.